The molecule has 4 nitrogen and oxygen atoms in total. The average Bonchev–Trinajstić information content (AvgIpc) is 2.51. The molecule has 100 valence electrons. The topological polar surface area (TPSA) is 51.6 Å². The number of rotatable bonds is 2. The quantitative estimate of drug-likeness (QED) is 0.641. The van der Waals surface area contributed by atoms with Crippen molar-refractivity contribution < 1.29 is 14.4 Å². The smallest absolute Gasteiger partial charge is 0.498 e. The highest BCUT2D eigenvalue weighted by atomic mass is 16.7. The molecule has 0 unspecified atom stereocenters. The molecule has 0 aliphatic carbocycles. The largest absolute Gasteiger partial charge is 0.507 e. The van der Waals surface area contributed by atoms with Crippen LogP contribution in [-0.4, -0.2) is 28.4 Å². The van der Waals surface area contributed by atoms with E-state index in [-0.39, 0.29) is 5.75 Å². The lowest BCUT2D eigenvalue weighted by molar-refractivity contribution is 0.00578. The molecule has 0 saturated carbocycles. The Balaban J connectivity index is 2.34. The van der Waals surface area contributed by atoms with Crippen molar-refractivity contribution in [3.8, 4) is 18.1 Å². The molecule has 19 heavy (non-hydrogen) atoms. The maximum Gasteiger partial charge on any atom is 0.498 e. The molecule has 1 aliphatic heterocycles. The zero-order valence-electron chi connectivity index (χ0n) is 11.7. The van der Waals surface area contributed by atoms with Crippen molar-refractivity contribution in [3.05, 3.63) is 18.0 Å². The second-order valence-corrected chi connectivity index (χ2v) is 5.70. The number of pyridine rings is 1. The Morgan fingerprint density at radius 1 is 1.32 bits per heavy atom. The molecule has 0 atom stereocenters. The third-order valence-corrected chi connectivity index (χ3v) is 3.76. The molecule has 1 saturated heterocycles. The molecule has 0 aromatic carbocycles. The molecular weight excluding hydrogens is 241 g/mol. The molecule has 0 amide bonds. The van der Waals surface area contributed by atoms with E-state index in [0.717, 1.165) is 0 Å². The van der Waals surface area contributed by atoms with Crippen LogP contribution in [0.15, 0.2) is 12.3 Å². The highest BCUT2D eigenvalue weighted by Gasteiger charge is 2.52. The predicted molar refractivity (Wildman–Crippen MR) is 74.2 cm³/mol. The third kappa shape index (κ3) is 2.47. The van der Waals surface area contributed by atoms with Gasteiger partial charge >= 0.3 is 7.12 Å². The number of aromatic nitrogens is 1. The number of hydrogen-bond donors (Lipinski definition) is 1. The molecule has 1 aromatic heterocycles. The van der Waals surface area contributed by atoms with Crippen molar-refractivity contribution in [3.63, 3.8) is 0 Å². The van der Waals surface area contributed by atoms with Gasteiger partial charge in [-0.15, -0.1) is 12.3 Å². The van der Waals surface area contributed by atoms with Gasteiger partial charge < -0.3 is 14.4 Å². The lowest BCUT2D eigenvalue weighted by Crippen LogP contribution is -2.41. The fourth-order valence-corrected chi connectivity index (χ4v) is 1.87. The number of terminal acetylenes is 1. The van der Waals surface area contributed by atoms with Crippen molar-refractivity contribution >= 4 is 12.6 Å². The number of aromatic hydroxyl groups is 1. The van der Waals surface area contributed by atoms with E-state index in [2.05, 4.69) is 10.9 Å². The molecule has 5 heteroatoms. The van der Waals surface area contributed by atoms with Crippen molar-refractivity contribution in [2.24, 2.45) is 0 Å². The SMILES string of the molecule is C#CCc1cc(B2OC(C)(C)C(C)(C)O2)c(O)cn1. The Labute approximate surface area is 114 Å². The van der Waals surface area contributed by atoms with Gasteiger partial charge in [0.2, 0.25) is 0 Å². The maximum atomic E-state index is 9.93. The van der Waals surface area contributed by atoms with Crippen molar-refractivity contribution in [1.29, 1.82) is 0 Å². The Bertz CT molecular complexity index is 518. The molecule has 0 spiro atoms. The van der Waals surface area contributed by atoms with Gasteiger partial charge in [0.1, 0.15) is 5.75 Å². The Morgan fingerprint density at radius 2 is 1.89 bits per heavy atom. The lowest BCUT2D eigenvalue weighted by Gasteiger charge is -2.32. The second kappa shape index (κ2) is 4.55. The van der Waals surface area contributed by atoms with E-state index < -0.39 is 18.3 Å². The maximum absolute atomic E-state index is 9.93. The molecule has 1 aliphatic rings. The summed E-state index contributed by atoms with van der Waals surface area (Å²) in [5.41, 5.74) is 0.392. The van der Waals surface area contributed by atoms with E-state index in [0.29, 0.717) is 17.6 Å². The second-order valence-electron chi connectivity index (χ2n) is 5.70. The highest BCUT2D eigenvalue weighted by molar-refractivity contribution is 6.63. The molecule has 2 rings (SSSR count). The van der Waals surface area contributed by atoms with Gasteiger partial charge in [-0.3, -0.25) is 4.98 Å². The van der Waals surface area contributed by atoms with E-state index in [9.17, 15) is 5.11 Å². The van der Waals surface area contributed by atoms with E-state index in [1.807, 2.05) is 27.7 Å². The molecule has 0 bridgehead atoms. The molecule has 1 fully saturated rings. The fourth-order valence-electron chi connectivity index (χ4n) is 1.87. The zero-order chi connectivity index (χ0) is 14.3. The summed E-state index contributed by atoms with van der Waals surface area (Å²) >= 11 is 0. The zero-order valence-corrected chi connectivity index (χ0v) is 11.7. The van der Waals surface area contributed by atoms with Crippen LogP contribution in [0, 0.1) is 12.3 Å². The minimum Gasteiger partial charge on any atom is -0.507 e. The van der Waals surface area contributed by atoms with E-state index in [4.69, 9.17) is 15.7 Å². The fraction of sp³-hybridized carbons (Fsp3) is 0.500. The Kier molecular flexibility index (Phi) is 3.33. The summed E-state index contributed by atoms with van der Waals surface area (Å²) in [6.45, 7) is 7.86. The normalized spacial score (nSPS) is 20.3. The van der Waals surface area contributed by atoms with Gasteiger partial charge in [0, 0.05) is 5.46 Å². The van der Waals surface area contributed by atoms with Crippen LogP contribution in [0.5, 0.6) is 5.75 Å². The van der Waals surface area contributed by atoms with Gasteiger partial charge in [-0.1, -0.05) is 0 Å². The van der Waals surface area contributed by atoms with Crippen LogP contribution in [0.4, 0.5) is 0 Å². The Hall–Kier alpha value is -1.51. The molecule has 1 aromatic rings. The van der Waals surface area contributed by atoms with Crippen LogP contribution in [0.2, 0.25) is 0 Å². The van der Waals surface area contributed by atoms with Gasteiger partial charge in [-0.05, 0) is 33.8 Å². The lowest BCUT2D eigenvalue weighted by atomic mass is 9.78. The average molecular weight is 259 g/mol. The van der Waals surface area contributed by atoms with Crippen molar-refractivity contribution in [1.82, 2.24) is 4.98 Å². The number of nitrogens with zero attached hydrogens (tertiary/aromatic N) is 1. The van der Waals surface area contributed by atoms with Crippen molar-refractivity contribution in [2.45, 2.75) is 45.3 Å². The van der Waals surface area contributed by atoms with Gasteiger partial charge in [-0.2, -0.15) is 0 Å². The molecule has 2 heterocycles. The van der Waals surface area contributed by atoms with Crippen LogP contribution >= 0.6 is 0 Å². The van der Waals surface area contributed by atoms with Gasteiger partial charge in [0.25, 0.3) is 0 Å². The minimum absolute atomic E-state index is 0.0549. The first kappa shape index (κ1) is 13.9. The predicted octanol–water partition coefficient (Wildman–Crippen LogP) is 1.26. The summed E-state index contributed by atoms with van der Waals surface area (Å²) in [6, 6.07) is 1.73. The van der Waals surface area contributed by atoms with Crippen molar-refractivity contribution in [2.75, 3.05) is 0 Å². The first-order valence-electron chi connectivity index (χ1n) is 6.24. The van der Waals surface area contributed by atoms with E-state index >= 15 is 0 Å². The summed E-state index contributed by atoms with van der Waals surface area (Å²) in [7, 11) is -0.607. The summed E-state index contributed by atoms with van der Waals surface area (Å²) in [5, 5.41) is 9.93. The number of hydrogen-bond acceptors (Lipinski definition) is 4. The van der Waals surface area contributed by atoms with E-state index in [1.54, 1.807) is 6.07 Å². The summed E-state index contributed by atoms with van der Waals surface area (Å²) in [6.07, 6.45) is 7.06. The van der Waals surface area contributed by atoms with Gasteiger partial charge in [0.15, 0.2) is 0 Å². The first-order valence-corrected chi connectivity index (χ1v) is 6.24. The summed E-state index contributed by atoms with van der Waals surface area (Å²) in [4.78, 5) is 4.07. The third-order valence-electron chi connectivity index (χ3n) is 3.76. The highest BCUT2D eigenvalue weighted by Crippen LogP contribution is 2.37. The Morgan fingerprint density at radius 3 is 2.42 bits per heavy atom. The monoisotopic (exact) mass is 259 g/mol. The summed E-state index contributed by atoms with van der Waals surface area (Å²) in [5.74, 6) is 2.58. The van der Waals surface area contributed by atoms with Crippen LogP contribution in [-0.2, 0) is 15.7 Å². The molecule has 0 radical (unpaired) electrons. The van der Waals surface area contributed by atoms with Crippen LogP contribution < -0.4 is 5.46 Å². The van der Waals surface area contributed by atoms with Gasteiger partial charge in [-0.25, -0.2) is 0 Å². The minimum atomic E-state index is -0.607. The van der Waals surface area contributed by atoms with E-state index in [1.165, 1.54) is 6.20 Å². The van der Waals surface area contributed by atoms with Crippen LogP contribution in [0.3, 0.4) is 0 Å². The molecule has 1 N–H and O–H groups in total. The summed E-state index contributed by atoms with van der Waals surface area (Å²) < 4.78 is 11.8. The van der Waals surface area contributed by atoms with Gasteiger partial charge in [0.05, 0.1) is 29.5 Å². The van der Waals surface area contributed by atoms with Crippen LogP contribution in [0.1, 0.15) is 33.4 Å². The first-order chi connectivity index (χ1) is 8.77. The standard InChI is InChI=1S/C14H18BNO3/c1-6-7-10-8-11(12(17)9-16-10)15-18-13(2,3)14(4,5)19-15/h1,8-9,17H,7H2,2-5H3. The van der Waals surface area contributed by atoms with Crippen LogP contribution in [0.25, 0.3) is 0 Å². The molecular formula is C14H18BNO3.